The van der Waals surface area contributed by atoms with Crippen molar-refractivity contribution < 1.29 is 9.53 Å². The van der Waals surface area contributed by atoms with Crippen LogP contribution in [0, 0.1) is 27.7 Å². The van der Waals surface area contributed by atoms with Gasteiger partial charge in [0.1, 0.15) is 5.75 Å². The van der Waals surface area contributed by atoms with E-state index in [0.717, 1.165) is 60.3 Å². The second-order valence-electron chi connectivity index (χ2n) is 8.14. The summed E-state index contributed by atoms with van der Waals surface area (Å²) in [6.45, 7) is 8.06. The molecule has 4 nitrogen and oxygen atoms in total. The van der Waals surface area contributed by atoms with Crippen molar-refractivity contribution in [1.29, 1.82) is 0 Å². The van der Waals surface area contributed by atoms with Gasteiger partial charge in [-0.15, -0.1) is 0 Å². The standard InChI is InChI=1S/C27H25BrN2O2/c1-15-9-18(4)26-21(10-15)22(14-25(29-26)19-7-6-8-20(13-19)32-5)27(31)30-24-12-16(2)23(28)11-17(24)3/h6-14H,1-5H3,(H,30,31). The number of rotatable bonds is 4. The third kappa shape index (κ3) is 4.26. The van der Waals surface area contributed by atoms with Crippen LogP contribution in [0.4, 0.5) is 5.69 Å². The molecule has 1 heterocycles. The molecule has 1 amide bonds. The van der Waals surface area contributed by atoms with E-state index in [1.54, 1.807) is 7.11 Å². The number of nitrogens with zero attached hydrogens (tertiary/aromatic N) is 1. The Hall–Kier alpha value is -3.18. The Morgan fingerprint density at radius 1 is 0.938 bits per heavy atom. The van der Waals surface area contributed by atoms with Crippen LogP contribution < -0.4 is 10.1 Å². The lowest BCUT2D eigenvalue weighted by molar-refractivity contribution is 0.102. The molecular weight excluding hydrogens is 464 g/mol. The fourth-order valence-electron chi connectivity index (χ4n) is 3.90. The summed E-state index contributed by atoms with van der Waals surface area (Å²) < 4.78 is 6.41. The van der Waals surface area contributed by atoms with Gasteiger partial charge in [-0.2, -0.15) is 0 Å². The number of pyridine rings is 1. The van der Waals surface area contributed by atoms with E-state index in [9.17, 15) is 4.79 Å². The van der Waals surface area contributed by atoms with Gasteiger partial charge in [0.05, 0.1) is 23.9 Å². The first-order valence-corrected chi connectivity index (χ1v) is 11.2. The highest BCUT2D eigenvalue weighted by Gasteiger charge is 2.17. The van der Waals surface area contributed by atoms with Gasteiger partial charge in [-0.25, -0.2) is 4.98 Å². The van der Waals surface area contributed by atoms with Crippen molar-refractivity contribution in [2.45, 2.75) is 27.7 Å². The highest BCUT2D eigenvalue weighted by atomic mass is 79.9. The van der Waals surface area contributed by atoms with E-state index in [0.29, 0.717) is 5.56 Å². The molecule has 4 rings (SSSR count). The number of methoxy groups -OCH3 is 1. The Balaban J connectivity index is 1.88. The zero-order valence-corrected chi connectivity index (χ0v) is 20.4. The molecule has 0 spiro atoms. The van der Waals surface area contributed by atoms with Gasteiger partial charge in [0.2, 0.25) is 0 Å². The van der Waals surface area contributed by atoms with Crippen molar-refractivity contribution in [3.63, 3.8) is 0 Å². The van der Waals surface area contributed by atoms with E-state index in [1.165, 1.54) is 0 Å². The lowest BCUT2D eigenvalue weighted by atomic mass is 9.99. The number of carbonyl (C=O) groups excluding carboxylic acids is 1. The third-order valence-electron chi connectivity index (χ3n) is 5.61. The molecule has 1 N–H and O–H groups in total. The first kappa shape index (κ1) is 22.0. The SMILES string of the molecule is COc1cccc(-c2cc(C(=O)Nc3cc(C)c(Br)cc3C)c3cc(C)cc(C)c3n2)c1. The Kier molecular flexibility index (Phi) is 6.02. The number of benzene rings is 3. The molecule has 4 aromatic rings. The number of anilines is 1. The molecule has 1 aromatic heterocycles. The van der Waals surface area contributed by atoms with E-state index in [-0.39, 0.29) is 5.91 Å². The molecule has 0 atom stereocenters. The summed E-state index contributed by atoms with van der Waals surface area (Å²) in [5.74, 6) is 0.591. The zero-order valence-electron chi connectivity index (χ0n) is 18.8. The molecule has 0 bridgehead atoms. The van der Waals surface area contributed by atoms with E-state index in [1.807, 2.05) is 76.2 Å². The molecule has 0 fully saturated rings. The van der Waals surface area contributed by atoms with Gasteiger partial charge in [0.25, 0.3) is 5.91 Å². The maximum absolute atomic E-state index is 13.5. The van der Waals surface area contributed by atoms with E-state index < -0.39 is 0 Å². The Morgan fingerprint density at radius 2 is 1.72 bits per heavy atom. The molecule has 0 aliphatic heterocycles. The molecule has 162 valence electrons. The number of amides is 1. The number of aromatic nitrogens is 1. The summed E-state index contributed by atoms with van der Waals surface area (Å²) in [5.41, 5.74) is 8.04. The van der Waals surface area contributed by atoms with Gasteiger partial charge in [-0.05, 0) is 80.8 Å². The zero-order chi connectivity index (χ0) is 23.0. The average molecular weight is 489 g/mol. The number of halogens is 1. The van der Waals surface area contributed by atoms with Crippen LogP contribution in [0.25, 0.3) is 22.2 Å². The molecule has 32 heavy (non-hydrogen) atoms. The van der Waals surface area contributed by atoms with Crippen LogP contribution in [0.2, 0.25) is 0 Å². The van der Waals surface area contributed by atoms with Crippen LogP contribution in [0.15, 0.2) is 59.1 Å². The average Bonchev–Trinajstić information content (AvgIpc) is 2.76. The number of nitrogens with one attached hydrogen (secondary N) is 1. The number of carbonyl (C=O) groups is 1. The number of hydrogen-bond donors (Lipinski definition) is 1. The van der Waals surface area contributed by atoms with E-state index in [2.05, 4.69) is 27.3 Å². The lowest BCUT2D eigenvalue weighted by Crippen LogP contribution is -2.14. The number of aryl methyl sites for hydroxylation is 4. The summed E-state index contributed by atoms with van der Waals surface area (Å²) in [5, 5.41) is 3.96. The van der Waals surface area contributed by atoms with Gasteiger partial charge >= 0.3 is 0 Å². The second kappa shape index (κ2) is 8.75. The Bertz CT molecular complexity index is 1360. The largest absolute Gasteiger partial charge is 0.497 e. The minimum atomic E-state index is -0.156. The molecule has 0 radical (unpaired) electrons. The summed E-state index contributed by atoms with van der Waals surface area (Å²) in [6, 6.07) is 17.7. The molecule has 0 saturated carbocycles. The van der Waals surface area contributed by atoms with Crippen molar-refractivity contribution in [2.75, 3.05) is 12.4 Å². The summed E-state index contributed by atoms with van der Waals surface area (Å²) >= 11 is 3.56. The maximum Gasteiger partial charge on any atom is 0.256 e. The van der Waals surface area contributed by atoms with Crippen molar-refractivity contribution >= 4 is 38.4 Å². The quantitative estimate of drug-likeness (QED) is 0.331. The Morgan fingerprint density at radius 3 is 2.47 bits per heavy atom. The van der Waals surface area contributed by atoms with Crippen molar-refractivity contribution in [3.8, 4) is 17.0 Å². The second-order valence-corrected chi connectivity index (χ2v) is 8.99. The number of fused-ring (bicyclic) bond motifs is 1. The van der Waals surface area contributed by atoms with Gasteiger partial charge in [0.15, 0.2) is 0 Å². The molecule has 5 heteroatoms. The Labute approximate surface area is 196 Å². The van der Waals surface area contributed by atoms with Gasteiger partial charge in [-0.3, -0.25) is 4.79 Å². The van der Waals surface area contributed by atoms with Gasteiger partial charge in [-0.1, -0.05) is 39.7 Å². The van der Waals surface area contributed by atoms with Gasteiger partial charge < -0.3 is 10.1 Å². The summed E-state index contributed by atoms with van der Waals surface area (Å²) in [6.07, 6.45) is 0. The number of ether oxygens (including phenoxy) is 1. The van der Waals surface area contributed by atoms with Crippen LogP contribution in [-0.2, 0) is 0 Å². The van der Waals surface area contributed by atoms with Crippen LogP contribution in [0.1, 0.15) is 32.6 Å². The monoisotopic (exact) mass is 488 g/mol. The van der Waals surface area contributed by atoms with Crippen molar-refractivity contribution in [2.24, 2.45) is 0 Å². The summed E-state index contributed by atoms with van der Waals surface area (Å²) in [7, 11) is 1.64. The fraction of sp³-hybridized carbons (Fsp3) is 0.185. The minimum absolute atomic E-state index is 0.156. The van der Waals surface area contributed by atoms with Crippen LogP contribution >= 0.6 is 15.9 Å². The van der Waals surface area contributed by atoms with Crippen LogP contribution in [-0.4, -0.2) is 18.0 Å². The molecule has 0 unspecified atom stereocenters. The molecule has 3 aromatic carbocycles. The van der Waals surface area contributed by atoms with Crippen molar-refractivity contribution in [3.05, 3.63) is 86.9 Å². The maximum atomic E-state index is 13.5. The lowest BCUT2D eigenvalue weighted by Gasteiger charge is -2.15. The normalized spacial score (nSPS) is 10.9. The minimum Gasteiger partial charge on any atom is -0.497 e. The smallest absolute Gasteiger partial charge is 0.256 e. The summed E-state index contributed by atoms with van der Waals surface area (Å²) in [4.78, 5) is 18.4. The first-order valence-electron chi connectivity index (χ1n) is 10.4. The number of hydrogen-bond acceptors (Lipinski definition) is 3. The predicted molar refractivity (Wildman–Crippen MR) is 135 cm³/mol. The van der Waals surface area contributed by atoms with E-state index >= 15 is 0 Å². The highest BCUT2D eigenvalue weighted by Crippen LogP contribution is 2.31. The van der Waals surface area contributed by atoms with Crippen LogP contribution in [0.3, 0.4) is 0 Å². The molecule has 0 aliphatic carbocycles. The van der Waals surface area contributed by atoms with Crippen molar-refractivity contribution in [1.82, 2.24) is 4.98 Å². The van der Waals surface area contributed by atoms with E-state index in [4.69, 9.17) is 9.72 Å². The molecule has 0 aliphatic rings. The highest BCUT2D eigenvalue weighted by molar-refractivity contribution is 9.10. The van der Waals surface area contributed by atoms with Crippen LogP contribution in [0.5, 0.6) is 5.75 Å². The molecule has 0 saturated heterocycles. The fourth-order valence-corrected chi connectivity index (χ4v) is 4.36. The predicted octanol–water partition coefficient (Wildman–Crippen LogP) is 7.16. The first-order chi connectivity index (χ1) is 15.3. The molecular formula is C27H25BrN2O2. The van der Waals surface area contributed by atoms with Gasteiger partial charge in [0, 0.05) is 21.1 Å². The third-order valence-corrected chi connectivity index (χ3v) is 6.47. The topological polar surface area (TPSA) is 51.2 Å².